The molecular formula is C9H19N3O. The van der Waals surface area contributed by atoms with E-state index in [1.54, 1.807) is 4.90 Å². The Kier molecular flexibility index (Phi) is 4.02. The summed E-state index contributed by atoms with van der Waals surface area (Å²) in [5.74, 6) is 0.667. The fraction of sp³-hybridized carbons (Fsp3) is 0.889. The molecule has 13 heavy (non-hydrogen) atoms. The number of carbonyl (C=O) groups is 1. The van der Waals surface area contributed by atoms with E-state index in [1.807, 2.05) is 7.05 Å². The zero-order chi connectivity index (χ0) is 9.68. The topological polar surface area (TPSA) is 58.4 Å². The fourth-order valence-corrected chi connectivity index (χ4v) is 1.84. The normalized spacial score (nSPS) is 22.2. The molecule has 1 atom stereocenters. The van der Waals surface area contributed by atoms with E-state index in [-0.39, 0.29) is 6.03 Å². The summed E-state index contributed by atoms with van der Waals surface area (Å²) in [6, 6.07) is -0.267. The fourth-order valence-electron chi connectivity index (χ4n) is 1.84. The smallest absolute Gasteiger partial charge is 0.314 e. The molecule has 1 fully saturated rings. The van der Waals surface area contributed by atoms with Crippen LogP contribution in [0.2, 0.25) is 0 Å². The third-order valence-corrected chi connectivity index (χ3v) is 2.64. The Morgan fingerprint density at radius 3 is 3.00 bits per heavy atom. The van der Waals surface area contributed by atoms with Crippen molar-refractivity contribution in [1.29, 1.82) is 0 Å². The number of hydrogen-bond acceptors (Lipinski definition) is 2. The van der Waals surface area contributed by atoms with Gasteiger partial charge in [0.1, 0.15) is 0 Å². The second-order valence-corrected chi connectivity index (χ2v) is 3.68. The minimum Gasteiger partial charge on any atom is -0.351 e. The predicted octanol–water partition coefficient (Wildman–Crippen LogP) is 0.387. The monoisotopic (exact) mass is 185 g/mol. The van der Waals surface area contributed by atoms with Gasteiger partial charge in [0.2, 0.25) is 0 Å². The highest BCUT2D eigenvalue weighted by atomic mass is 16.2. The highest BCUT2D eigenvalue weighted by molar-refractivity contribution is 5.72. The molecule has 0 bridgehead atoms. The van der Waals surface area contributed by atoms with Crippen LogP contribution in [-0.4, -0.2) is 37.6 Å². The molecule has 1 aliphatic heterocycles. The summed E-state index contributed by atoms with van der Waals surface area (Å²) in [4.78, 5) is 12.6. The third-order valence-electron chi connectivity index (χ3n) is 2.64. The highest BCUT2D eigenvalue weighted by Crippen LogP contribution is 2.20. The second kappa shape index (κ2) is 5.07. The third kappa shape index (κ3) is 3.22. The quantitative estimate of drug-likeness (QED) is 0.622. The van der Waals surface area contributed by atoms with Crippen LogP contribution < -0.4 is 11.1 Å². The van der Waals surface area contributed by atoms with Gasteiger partial charge in [0, 0.05) is 13.1 Å². The van der Waals surface area contributed by atoms with Gasteiger partial charge in [-0.15, -0.1) is 0 Å². The first kappa shape index (κ1) is 10.3. The number of rotatable bonds is 4. The maximum absolute atomic E-state index is 10.8. The molecule has 0 saturated carbocycles. The lowest BCUT2D eigenvalue weighted by atomic mass is 10.0. The summed E-state index contributed by atoms with van der Waals surface area (Å²) in [6.45, 7) is 2.77. The van der Waals surface area contributed by atoms with Gasteiger partial charge in [0.05, 0.1) is 0 Å². The summed E-state index contributed by atoms with van der Waals surface area (Å²) < 4.78 is 0. The average molecular weight is 185 g/mol. The van der Waals surface area contributed by atoms with E-state index in [1.165, 1.54) is 12.8 Å². The van der Waals surface area contributed by atoms with Gasteiger partial charge in [0.15, 0.2) is 0 Å². The van der Waals surface area contributed by atoms with E-state index in [9.17, 15) is 4.79 Å². The van der Waals surface area contributed by atoms with E-state index >= 15 is 0 Å². The molecule has 4 heteroatoms. The lowest BCUT2D eigenvalue weighted by molar-refractivity contribution is 0.216. The number of likely N-dealkylation sites (tertiary alicyclic amines) is 1. The summed E-state index contributed by atoms with van der Waals surface area (Å²) >= 11 is 0. The van der Waals surface area contributed by atoms with Gasteiger partial charge in [-0.25, -0.2) is 4.79 Å². The molecule has 0 aromatic heterocycles. The van der Waals surface area contributed by atoms with Crippen LogP contribution >= 0.6 is 0 Å². The van der Waals surface area contributed by atoms with E-state index in [0.29, 0.717) is 5.92 Å². The van der Waals surface area contributed by atoms with Crippen LogP contribution in [0.25, 0.3) is 0 Å². The first-order valence-corrected chi connectivity index (χ1v) is 4.93. The Bertz CT molecular complexity index is 172. The van der Waals surface area contributed by atoms with Crippen molar-refractivity contribution in [3.8, 4) is 0 Å². The number of nitrogens with one attached hydrogen (secondary N) is 1. The number of nitrogens with zero attached hydrogens (tertiary/aromatic N) is 1. The Morgan fingerprint density at radius 2 is 2.46 bits per heavy atom. The van der Waals surface area contributed by atoms with Gasteiger partial charge in [-0.1, -0.05) is 0 Å². The number of amides is 2. The Hall–Kier alpha value is -0.770. The average Bonchev–Trinajstić information content (AvgIpc) is 2.53. The van der Waals surface area contributed by atoms with E-state index in [4.69, 9.17) is 5.73 Å². The first-order valence-electron chi connectivity index (χ1n) is 4.93. The molecule has 76 valence electrons. The van der Waals surface area contributed by atoms with Crippen molar-refractivity contribution in [3.63, 3.8) is 0 Å². The highest BCUT2D eigenvalue weighted by Gasteiger charge is 2.23. The van der Waals surface area contributed by atoms with Crippen molar-refractivity contribution in [2.75, 3.05) is 26.7 Å². The molecule has 3 N–H and O–H groups in total. The summed E-state index contributed by atoms with van der Waals surface area (Å²) in [7, 11) is 1.96. The van der Waals surface area contributed by atoms with Crippen LogP contribution in [0.1, 0.15) is 19.3 Å². The number of primary amides is 1. The minimum atomic E-state index is -0.267. The maximum Gasteiger partial charge on any atom is 0.314 e. The van der Waals surface area contributed by atoms with Crippen molar-refractivity contribution in [3.05, 3.63) is 0 Å². The number of hydrogen-bond donors (Lipinski definition) is 2. The van der Waals surface area contributed by atoms with Crippen LogP contribution in [0.4, 0.5) is 4.79 Å². The Labute approximate surface area is 79.5 Å². The molecule has 1 rings (SSSR count). The standard InChI is InChI=1S/C9H19N3O/c1-11-5-2-3-8-4-6-12(7-8)9(10)13/h8,11H,2-7H2,1H3,(H2,10,13). The summed E-state index contributed by atoms with van der Waals surface area (Å²) in [6.07, 6.45) is 3.51. The van der Waals surface area contributed by atoms with E-state index < -0.39 is 0 Å². The van der Waals surface area contributed by atoms with E-state index in [0.717, 1.165) is 26.1 Å². The molecular weight excluding hydrogens is 166 g/mol. The van der Waals surface area contributed by atoms with E-state index in [2.05, 4.69) is 5.32 Å². The summed E-state index contributed by atoms with van der Waals surface area (Å²) in [5, 5.41) is 3.12. The summed E-state index contributed by atoms with van der Waals surface area (Å²) in [5.41, 5.74) is 5.19. The van der Waals surface area contributed by atoms with Crippen molar-refractivity contribution in [2.24, 2.45) is 11.7 Å². The molecule has 1 aliphatic rings. The molecule has 1 saturated heterocycles. The molecule has 0 radical (unpaired) electrons. The molecule has 0 spiro atoms. The number of urea groups is 1. The van der Waals surface area contributed by atoms with Gasteiger partial charge >= 0.3 is 6.03 Å². The van der Waals surface area contributed by atoms with Gasteiger partial charge in [-0.2, -0.15) is 0 Å². The second-order valence-electron chi connectivity index (χ2n) is 3.68. The first-order chi connectivity index (χ1) is 6.24. The van der Waals surface area contributed by atoms with Crippen LogP contribution in [0.3, 0.4) is 0 Å². The van der Waals surface area contributed by atoms with Gasteiger partial charge in [-0.3, -0.25) is 0 Å². The molecule has 2 amide bonds. The maximum atomic E-state index is 10.8. The van der Waals surface area contributed by atoms with Crippen LogP contribution in [0.15, 0.2) is 0 Å². The number of nitrogens with two attached hydrogens (primary N) is 1. The predicted molar refractivity (Wildman–Crippen MR) is 52.4 cm³/mol. The van der Waals surface area contributed by atoms with Crippen LogP contribution in [0.5, 0.6) is 0 Å². The Morgan fingerprint density at radius 1 is 1.69 bits per heavy atom. The number of carbonyl (C=O) groups excluding carboxylic acids is 1. The van der Waals surface area contributed by atoms with Crippen molar-refractivity contribution < 1.29 is 4.79 Å². The van der Waals surface area contributed by atoms with Gasteiger partial charge < -0.3 is 16.0 Å². The van der Waals surface area contributed by atoms with Gasteiger partial charge in [-0.05, 0) is 38.8 Å². The molecule has 0 aromatic carbocycles. The lowest BCUT2D eigenvalue weighted by Crippen LogP contribution is -2.33. The van der Waals surface area contributed by atoms with Gasteiger partial charge in [0.25, 0.3) is 0 Å². The molecule has 1 heterocycles. The zero-order valence-electron chi connectivity index (χ0n) is 8.25. The van der Waals surface area contributed by atoms with Crippen molar-refractivity contribution >= 4 is 6.03 Å². The molecule has 1 unspecified atom stereocenters. The minimum absolute atomic E-state index is 0.267. The molecule has 0 aromatic rings. The molecule has 4 nitrogen and oxygen atoms in total. The lowest BCUT2D eigenvalue weighted by Gasteiger charge is -2.12. The Balaban J connectivity index is 2.14. The van der Waals surface area contributed by atoms with Crippen LogP contribution in [0, 0.1) is 5.92 Å². The van der Waals surface area contributed by atoms with Crippen LogP contribution in [-0.2, 0) is 0 Å². The molecule has 0 aliphatic carbocycles. The van der Waals surface area contributed by atoms with Crippen molar-refractivity contribution in [1.82, 2.24) is 10.2 Å². The SMILES string of the molecule is CNCCCC1CCN(C(N)=O)C1. The zero-order valence-corrected chi connectivity index (χ0v) is 8.25. The largest absolute Gasteiger partial charge is 0.351 e. The van der Waals surface area contributed by atoms with Crippen molar-refractivity contribution in [2.45, 2.75) is 19.3 Å².